The third-order valence-electron chi connectivity index (χ3n) is 7.37. The Balaban J connectivity index is 1.31. The molecule has 1 aromatic rings. The maximum absolute atomic E-state index is 13.2. The number of hydrogen-bond acceptors (Lipinski definition) is 13. The number of nitro benzene ring substituents is 1. The topological polar surface area (TPSA) is 200 Å². The van der Waals surface area contributed by atoms with Crippen molar-refractivity contribution in [3.63, 3.8) is 0 Å². The smallest absolute Gasteiger partial charge is 0.497 e. The van der Waals surface area contributed by atoms with E-state index in [4.69, 9.17) is 34.2 Å². The van der Waals surface area contributed by atoms with Crippen molar-refractivity contribution in [1.82, 2.24) is 10.6 Å². The molecule has 2 heterocycles. The predicted molar refractivity (Wildman–Crippen MR) is 154 cm³/mol. The highest BCUT2D eigenvalue weighted by atomic mass is 31.1. The average molecular weight is 634 g/mol. The number of hydrogen-bond donors (Lipinski definition) is 3. The number of carbonyl (C=O) groups is 2. The van der Waals surface area contributed by atoms with Gasteiger partial charge in [-0.15, -0.1) is 4.52 Å². The van der Waals surface area contributed by atoms with Crippen LogP contribution in [0, 0.1) is 16.0 Å². The van der Waals surface area contributed by atoms with Crippen LogP contribution in [-0.2, 0) is 37.9 Å². The summed E-state index contributed by atoms with van der Waals surface area (Å²) in [4.78, 5) is 46.1. The lowest BCUT2D eigenvalue weighted by Gasteiger charge is -2.34. The summed E-state index contributed by atoms with van der Waals surface area (Å²) in [7, 11) is -2.56. The van der Waals surface area contributed by atoms with E-state index >= 15 is 0 Å². The second kappa shape index (κ2) is 14.7. The van der Waals surface area contributed by atoms with Gasteiger partial charge < -0.3 is 19.9 Å². The van der Waals surface area contributed by atoms with E-state index in [1.807, 2.05) is 0 Å². The maximum atomic E-state index is 13.2. The number of nitrogens with zero attached hydrogens (tertiary/aromatic N) is 1. The summed E-state index contributed by atoms with van der Waals surface area (Å²) >= 11 is 0. The minimum Gasteiger partial charge on any atom is -0.497 e. The molecule has 1 aliphatic carbocycles. The van der Waals surface area contributed by atoms with Crippen molar-refractivity contribution in [1.29, 1.82) is 0 Å². The largest absolute Gasteiger partial charge is 0.628 e. The number of nitrogens with one attached hydrogen (secondary N) is 2. The van der Waals surface area contributed by atoms with Crippen molar-refractivity contribution in [2.24, 2.45) is 11.7 Å². The summed E-state index contributed by atoms with van der Waals surface area (Å²) in [5, 5.41) is 13.3. The lowest BCUT2D eigenvalue weighted by atomic mass is 9.81. The van der Waals surface area contributed by atoms with Crippen LogP contribution in [0.3, 0.4) is 0 Å². The number of hydrazine groups is 1. The summed E-state index contributed by atoms with van der Waals surface area (Å²) in [6.45, 7) is 4.04. The van der Waals surface area contributed by atoms with Crippen LogP contribution < -0.4 is 21.1 Å². The standard InChI is InChI=1S/C28H34N4O11P/c1-27(29,19-11-15-38-16-12-19)25(33)41-42-26(34)28(2,20-13-17-39-18-14-20)30-31-44(37)43-24-9-7-23(8-10-24)40-22-5-3-21(4-6-22)32(35)36/h3-9,13-14,17,19,24,30H,10-12,15-16,18,29H2,1-2H3,(H,31,37)/q+1. The van der Waals surface area contributed by atoms with E-state index in [0.29, 0.717) is 49.6 Å². The average Bonchev–Trinajstić information content (AvgIpc) is 3.04. The van der Waals surface area contributed by atoms with Gasteiger partial charge in [0.15, 0.2) is 5.54 Å². The molecule has 0 aromatic heterocycles. The Kier molecular flexibility index (Phi) is 11.0. The van der Waals surface area contributed by atoms with Crippen molar-refractivity contribution in [3.8, 4) is 5.75 Å². The molecule has 1 saturated heterocycles. The van der Waals surface area contributed by atoms with Crippen LogP contribution in [0.5, 0.6) is 5.75 Å². The van der Waals surface area contributed by atoms with Gasteiger partial charge in [-0.1, -0.05) is 0 Å². The van der Waals surface area contributed by atoms with Gasteiger partial charge in [0.2, 0.25) is 0 Å². The summed E-state index contributed by atoms with van der Waals surface area (Å²) in [6, 6.07) is 5.63. The number of non-ortho nitro benzene ring substituents is 1. The molecule has 4 N–H and O–H groups in total. The third-order valence-corrected chi connectivity index (χ3v) is 8.13. The molecule has 4 unspecified atom stereocenters. The lowest BCUT2D eigenvalue weighted by Crippen LogP contribution is -2.57. The number of nitrogens with two attached hydrogens (primary N) is 1. The molecule has 44 heavy (non-hydrogen) atoms. The molecule has 0 spiro atoms. The normalized spacial score (nSPS) is 21.4. The Morgan fingerprint density at radius 2 is 1.80 bits per heavy atom. The fourth-order valence-electron chi connectivity index (χ4n) is 4.52. The van der Waals surface area contributed by atoms with Crippen molar-refractivity contribution in [2.45, 2.75) is 50.3 Å². The van der Waals surface area contributed by atoms with Gasteiger partial charge in [0.25, 0.3) is 5.69 Å². The molecule has 1 aromatic carbocycles. The second-order valence-electron chi connectivity index (χ2n) is 10.5. The van der Waals surface area contributed by atoms with Crippen LogP contribution in [-0.4, -0.2) is 53.9 Å². The van der Waals surface area contributed by atoms with Crippen molar-refractivity contribution in [3.05, 3.63) is 82.4 Å². The van der Waals surface area contributed by atoms with Gasteiger partial charge in [-0.25, -0.2) is 19.4 Å². The molecular weight excluding hydrogens is 599 g/mol. The van der Waals surface area contributed by atoms with Crippen LogP contribution in [0.2, 0.25) is 0 Å². The summed E-state index contributed by atoms with van der Waals surface area (Å²) < 4.78 is 34.5. The molecule has 0 radical (unpaired) electrons. The van der Waals surface area contributed by atoms with Crippen LogP contribution in [0.25, 0.3) is 0 Å². The minimum atomic E-state index is -2.56. The molecule has 4 atom stereocenters. The van der Waals surface area contributed by atoms with Crippen LogP contribution in [0.15, 0.2) is 72.2 Å². The number of ether oxygens (including phenoxy) is 3. The van der Waals surface area contributed by atoms with E-state index < -0.39 is 42.2 Å². The van der Waals surface area contributed by atoms with Gasteiger partial charge in [0.1, 0.15) is 29.8 Å². The summed E-state index contributed by atoms with van der Waals surface area (Å²) in [6.07, 6.45) is 10.3. The molecule has 3 aliphatic rings. The fraction of sp³-hybridized carbons (Fsp3) is 0.429. The van der Waals surface area contributed by atoms with Crippen LogP contribution in [0.1, 0.15) is 33.1 Å². The number of rotatable bonds is 12. The van der Waals surface area contributed by atoms with Gasteiger partial charge in [0, 0.05) is 31.8 Å². The number of benzene rings is 1. The molecule has 0 bridgehead atoms. The van der Waals surface area contributed by atoms with Gasteiger partial charge in [0.05, 0.1) is 11.2 Å². The second-order valence-corrected chi connectivity index (χ2v) is 11.5. The first-order valence-electron chi connectivity index (χ1n) is 13.8. The first kappa shape index (κ1) is 32.9. The highest BCUT2D eigenvalue weighted by molar-refractivity contribution is 7.36. The zero-order valence-electron chi connectivity index (χ0n) is 24.1. The fourth-order valence-corrected chi connectivity index (χ4v) is 5.29. The Labute approximate surface area is 254 Å². The Morgan fingerprint density at radius 3 is 2.41 bits per heavy atom. The first-order valence-corrected chi connectivity index (χ1v) is 14.9. The number of nitro groups is 1. The van der Waals surface area contributed by atoms with Gasteiger partial charge in [-0.05, 0) is 90.5 Å². The van der Waals surface area contributed by atoms with Crippen LogP contribution in [0.4, 0.5) is 5.69 Å². The highest BCUT2D eigenvalue weighted by Gasteiger charge is 2.45. The minimum absolute atomic E-state index is 0.0532. The van der Waals surface area contributed by atoms with Crippen LogP contribution >= 0.6 is 8.18 Å². The molecule has 0 amide bonds. The molecule has 15 nitrogen and oxygen atoms in total. The van der Waals surface area contributed by atoms with E-state index in [9.17, 15) is 24.3 Å². The SMILES string of the molecule is CC(NN[P+](=O)OC1C=CC(Oc2ccc([N+](=O)[O-])cc2)=CC1)(C(=O)OOC(=O)C(C)(N)C1CCOCC1)C1=CCOC=C1. The maximum Gasteiger partial charge on any atom is 0.628 e. The highest BCUT2D eigenvalue weighted by Crippen LogP contribution is 2.30. The zero-order valence-corrected chi connectivity index (χ0v) is 25.0. The molecule has 0 saturated carbocycles. The molecular formula is C28H34N4O11P+. The van der Waals surface area contributed by atoms with E-state index in [-0.39, 0.29) is 18.2 Å². The summed E-state index contributed by atoms with van der Waals surface area (Å²) in [5.41, 5.74) is 6.15. The molecule has 2 aliphatic heterocycles. The van der Waals surface area contributed by atoms with Gasteiger partial charge >= 0.3 is 20.1 Å². The van der Waals surface area contributed by atoms with E-state index in [1.165, 1.54) is 50.5 Å². The van der Waals surface area contributed by atoms with E-state index in [2.05, 4.69) is 10.6 Å². The Morgan fingerprint density at radius 1 is 1.09 bits per heavy atom. The zero-order chi connectivity index (χ0) is 31.7. The van der Waals surface area contributed by atoms with E-state index in [0.717, 1.165) is 0 Å². The van der Waals surface area contributed by atoms with Gasteiger partial charge in [-0.3, -0.25) is 10.1 Å². The summed E-state index contributed by atoms with van der Waals surface area (Å²) in [5.74, 6) is -1.25. The number of allylic oxidation sites excluding steroid dienone is 1. The van der Waals surface area contributed by atoms with E-state index in [1.54, 1.807) is 24.3 Å². The Hall–Kier alpha value is -3.98. The van der Waals surface area contributed by atoms with Crippen molar-refractivity contribution in [2.75, 3.05) is 19.8 Å². The lowest BCUT2D eigenvalue weighted by molar-refractivity contribution is -0.384. The quantitative estimate of drug-likeness (QED) is 0.131. The van der Waals surface area contributed by atoms with Crippen molar-refractivity contribution >= 4 is 25.8 Å². The van der Waals surface area contributed by atoms with Crippen molar-refractivity contribution < 1.29 is 47.6 Å². The monoisotopic (exact) mass is 633 g/mol. The first-order chi connectivity index (χ1) is 21.0. The molecule has 236 valence electrons. The predicted octanol–water partition coefficient (Wildman–Crippen LogP) is 3.33. The third kappa shape index (κ3) is 8.34. The van der Waals surface area contributed by atoms with Gasteiger partial charge in [-0.2, -0.15) is 5.43 Å². The molecule has 4 rings (SSSR count). The molecule has 1 fully saturated rings. The number of carbonyl (C=O) groups excluding carboxylic acids is 2. The molecule has 16 heteroatoms. The Bertz CT molecular complexity index is 1370.